The lowest BCUT2D eigenvalue weighted by atomic mass is 9.83. The van der Waals surface area contributed by atoms with Crippen LogP contribution in [0, 0.1) is 19.3 Å². The van der Waals surface area contributed by atoms with Gasteiger partial charge in [-0.25, -0.2) is 0 Å². The van der Waals surface area contributed by atoms with Gasteiger partial charge in [-0.3, -0.25) is 0 Å². The van der Waals surface area contributed by atoms with Crippen molar-refractivity contribution in [2.45, 2.75) is 53.5 Å². The van der Waals surface area contributed by atoms with Crippen LogP contribution in [0.4, 0.5) is 0 Å². The molecule has 0 aromatic heterocycles. The summed E-state index contributed by atoms with van der Waals surface area (Å²) in [7, 11) is 2.07. The van der Waals surface area contributed by atoms with Crippen molar-refractivity contribution >= 4 is 0 Å². The van der Waals surface area contributed by atoms with Crippen LogP contribution in [0.3, 0.4) is 0 Å². The van der Waals surface area contributed by atoms with Crippen molar-refractivity contribution in [1.29, 1.82) is 0 Å². The number of hydrogen-bond acceptors (Lipinski definition) is 1. The van der Waals surface area contributed by atoms with Crippen molar-refractivity contribution in [2.75, 3.05) is 7.05 Å². The first-order valence-corrected chi connectivity index (χ1v) is 6.58. The molecule has 0 amide bonds. The lowest BCUT2D eigenvalue weighted by molar-refractivity contribution is 0.268. The van der Waals surface area contributed by atoms with Crippen LogP contribution in [0.2, 0.25) is 0 Å². The molecule has 0 bridgehead atoms. The number of nitrogens with one attached hydrogen (secondary N) is 1. The van der Waals surface area contributed by atoms with Gasteiger partial charge in [0.05, 0.1) is 0 Å². The molecule has 0 saturated heterocycles. The number of benzene rings is 1. The molecule has 0 spiro atoms. The molecule has 0 fully saturated rings. The van der Waals surface area contributed by atoms with Gasteiger partial charge in [0, 0.05) is 6.04 Å². The van der Waals surface area contributed by atoms with E-state index in [9.17, 15) is 0 Å². The molecule has 1 aromatic carbocycles. The Morgan fingerprint density at radius 3 is 2.29 bits per heavy atom. The minimum Gasteiger partial charge on any atom is -0.316 e. The standard InChI is InChI=1S/C16H27N/c1-12-7-8-14(13(2)11-12)9-10-15(17-6)16(3,4)5/h7-8,11,15,17H,9-10H2,1-6H3. The summed E-state index contributed by atoms with van der Waals surface area (Å²) in [6.45, 7) is 11.3. The van der Waals surface area contributed by atoms with Crippen LogP contribution in [0.15, 0.2) is 18.2 Å². The minimum atomic E-state index is 0.327. The van der Waals surface area contributed by atoms with E-state index >= 15 is 0 Å². The number of rotatable bonds is 4. The molecule has 1 N–H and O–H groups in total. The van der Waals surface area contributed by atoms with E-state index in [0.717, 1.165) is 6.42 Å². The van der Waals surface area contributed by atoms with Crippen molar-refractivity contribution < 1.29 is 0 Å². The van der Waals surface area contributed by atoms with Gasteiger partial charge >= 0.3 is 0 Å². The average molecular weight is 233 g/mol. The van der Waals surface area contributed by atoms with Crippen LogP contribution in [0.25, 0.3) is 0 Å². The third-order valence-electron chi connectivity index (χ3n) is 3.59. The molecule has 0 radical (unpaired) electrons. The molecule has 17 heavy (non-hydrogen) atoms. The number of hydrogen-bond donors (Lipinski definition) is 1. The minimum absolute atomic E-state index is 0.327. The Balaban J connectivity index is 2.66. The maximum Gasteiger partial charge on any atom is 0.0116 e. The molecule has 1 aromatic rings. The molecule has 0 aliphatic rings. The molecule has 1 unspecified atom stereocenters. The summed E-state index contributed by atoms with van der Waals surface area (Å²) in [5.74, 6) is 0. The topological polar surface area (TPSA) is 12.0 Å². The molecule has 1 heteroatoms. The molecule has 0 aliphatic heterocycles. The summed E-state index contributed by atoms with van der Waals surface area (Å²) >= 11 is 0. The Bertz CT molecular complexity index is 360. The summed E-state index contributed by atoms with van der Waals surface area (Å²) in [5.41, 5.74) is 4.59. The fourth-order valence-electron chi connectivity index (χ4n) is 2.44. The lowest BCUT2D eigenvalue weighted by Gasteiger charge is -2.30. The van der Waals surface area contributed by atoms with Gasteiger partial charge in [0.15, 0.2) is 0 Å². The van der Waals surface area contributed by atoms with Crippen LogP contribution < -0.4 is 5.32 Å². The van der Waals surface area contributed by atoms with Crippen LogP contribution in [0.1, 0.15) is 43.9 Å². The first-order valence-electron chi connectivity index (χ1n) is 6.58. The Morgan fingerprint density at radius 1 is 1.18 bits per heavy atom. The van der Waals surface area contributed by atoms with Gasteiger partial charge in [-0.2, -0.15) is 0 Å². The highest BCUT2D eigenvalue weighted by Crippen LogP contribution is 2.23. The molecule has 96 valence electrons. The normalized spacial score (nSPS) is 13.8. The van der Waals surface area contributed by atoms with Crippen LogP contribution in [0.5, 0.6) is 0 Å². The third-order valence-corrected chi connectivity index (χ3v) is 3.59. The number of aryl methyl sites for hydroxylation is 3. The van der Waals surface area contributed by atoms with Crippen molar-refractivity contribution in [3.05, 3.63) is 34.9 Å². The first-order chi connectivity index (χ1) is 7.84. The zero-order chi connectivity index (χ0) is 13.1. The Hall–Kier alpha value is -0.820. The van der Waals surface area contributed by atoms with E-state index in [-0.39, 0.29) is 0 Å². The Labute approximate surface area is 107 Å². The summed E-state index contributed by atoms with van der Waals surface area (Å²) < 4.78 is 0. The van der Waals surface area contributed by atoms with Gasteiger partial charge in [0.25, 0.3) is 0 Å². The van der Waals surface area contributed by atoms with Crippen LogP contribution >= 0.6 is 0 Å². The summed E-state index contributed by atoms with van der Waals surface area (Å²) in [5, 5.41) is 3.44. The van der Waals surface area contributed by atoms with Crippen LogP contribution in [-0.2, 0) is 6.42 Å². The molecular formula is C16H27N. The van der Waals surface area contributed by atoms with Gasteiger partial charge in [-0.05, 0) is 50.3 Å². The molecule has 0 aliphatic carbocycles. The highest BCUT2D eigenvalue weighted by molar-refractivity contribution is 5.30. The predicted octanol–water partition coefficient (Wildman–Crippen LogP) is 3.87. The van der Waals surface area contributed by atoms with Gasteiger partial charge in [-0.1, -0.05) is 44.5 Å². The fourth-order valence-corrected chi connectivity index (χ4v) is 2.44. The highest BCUT2D eigenvalue weighted by atomic mass is 14.9. The molecular weight excluding hydrogens is 206 g/mol. The van der Waals surface area contributed by atoms with Crippen molar-refractivity contribution in [3.63, 3.8) is 0 Å². The second-order valence-electron chi connectivity index (χ2n) is 6.18. The monoisotopic (exact) mass is 233 g/mol. The van der Waals surface area contributed by atoms with Gasteiger partial charge in [0.2, 0.25) is 0 Å². The van der Waals surface area contributed by atoms with Gasteiger partial charge < -0.3 is 5.32 Å². The quantitative estimate of drug-likeness (QED) is 0.832. The SMILES string of the molecule is CNC(CCc1ccc(C)cc1C)C(C)(C)C. The molecule has 0 saturated carbocycles. The average Bonchev–Trinajstić information content (AvgIpc) is 2.19. The second-order valence-corrected chi connectivity index (χ2v) is 6.18. The smallest absolute Gasteiger partial charge is 0.0116 e. The van der Waals surface area contributed by atoms with E-state index in [1.807, 2.05) is 0 Å². The summed E-state index contributed by atoms with van der Waals surface area (Å²) in [4.78, 5) is 0. The van der Waals surface area contributed by atoms with Crippen molar-refractivity contribution in [1.82, 2.24) is 5.32 Å². The van der Waals surface area contributed by atoms with E-state index < -0.39 is 0 Å². The maximum atomic E-state index is 3.44. The third kappa shape index (κ3) is 4.16. The Kier molecular flexibility index (Phi) is 4.76. The van der Waals surface area contributed by atoms with E-state index in [1.165, 1.54) is 23.1 Å². The van der Waals surface area contributed by atoms with Crippen LogP contribution in [-0.4, -0.2) is 13.1 Å². The molecule has 1 rings (SSSR count). The van der Waals surface area contributed by atoms with E-state index in [0.29, 0.717) is 11.5 Å². The van der Waals surface area contributed by atoms with Crippen molar-refractivity contribution in [2.24, 2.45) is 5.41 Å². The zero-order valence-corrected chi connectivity index (χ0v) is 12.2. The van der Waals surface area contributed by atoms with E-state index in [4.69, 9.17) is 0 Å². The van der Waals surface area contributed by atoms with Gasteiger partial charge in [0.1, 0.15) is 0 Å². The predicted molar refractivity (Wildman–Crippen MR) is 76.5 cm³/mol. The summed E-state index contributed by atoms with van der Waals surface area (Å²) in [6, 6.07) is 7.34. The van der Waals surface area contributed by atoms with E-state index in [1.54, 1.807) is 0 Å². The van der Waals surface area contributed by atoms with Crippen molar-refractivity contribution in [3.8, 4) is 0 Å². The second kappa shape index (κ2) is 5.68. The first kappa shape index (κ1) is 14.2. The zero-order valence-electron chi connectivity index (χ0n) is 12.2. The molecule has 1 atom stereocenters. The largest absolute Gasteiger partial charge is 0.316 e. The molecule has 0 heterocycles. The molecule has 1 nitrogen and oxygen atoms in total. The maximum absolute atomic E-state index is 3.44. The Morgan fingerprint density at radius 2 is 1.82 bits per heavy atom. The summed E-state index contributed by atoms with van der Waals surface area (Å²) in [6.07, 6.45) is 2.36. The lowest BCUT2D eigenvalue weighted by Crippen LogP contribution is -2.38. The fraction of sp³-hybridized carbons (Fsp3) is 0.625. The highest BCUT2D eigenvalue weighted by Gasteiger charge is 2.22. The van der Waals surface area contributed by atoms with Gasteiger partial charge in [-0.15, -0.1) is 0 Å². The van der Waals surface area contributed by atoms with E-state index in [2.05, 4.69) is 65.2 Å².